The molecular formula is C12H15FN2O2. The fourth-order valence-electron chi connectivity index (χ4n) is 1.67. The third-order valence-electron chi connectivity index (χ3n) is 2.62. The fourth-order valence-corrected chi connectivity index (χ4v) is 1.67. The summed E-state index contributed by atoms with van der Waals surface area (Å²) >= 11 is 0. The number of carbonyl (C=O) groups excluding carboxylic acids is 1. The number of piperazine rings is 1. The molecule has 17 heavy (non-hydrogen) atoms. The number of ketones is 1. The number of ether oxygens (including phenoxy) is 1. The number of halogens is 1. The van der Waals surface area contributed by atoms with Crippen LogP contribution in [0.4, 0.5) is 4.39 Å². The predicted octanol–water partition coefficient (Wildman–Crippen LogP) is 0.335. The van der Waals surface area contributed by atoms with E-state index in [1.165, 1.54) is 24.3 Å². The van der Waals surface area contributed by atoms with Crippen molar-refractivity contribution < 1.29 is 13.9 Å². The summed E-state index contributed by atoms with van der Waals surface area (Å²) in [7, 11) is 0. The van der Waals surface area contributed by atoms with Crippen LogP contribution in [0, 0.1) is 5.82 Å². The van der Waals surface area contributed by atoms with Crippen molar-refractivity contribution in [3.63, 3.8) is 0 Å². The van der Waals surface area contributed by atoms with E-state index in [1.807, 2.05) is 0 Å². The van der Waals surface area contributed by atoms with Crippen molar-refractivity contribution in [2.75, 3.05) is 26.2 Å². The maximum absolute atomic E-state index is 12.6. The first-order chi connectivity index (χ1) is 8.25. The van der Waals surface area contributed by atoms with E-state index >= 15 is 0 Å². The van der Waals surface area contributed by atoms with Crippen molar-refractivity contribution in [1.82, 2.24) is 10.6 Å². The van der Waals surface area contributed by atoms with Crippen molar-refractivity contribution in [3.05, 3.63) is 30.1 Å². The average molecular weight is 238 g/mol. The summed E-state index contributed by atoms with van der Waals surface area (Å²) in [4.78, 5) is 11.7. The quantitative estimate of drug-likeness (QED) is 0.794. The van der Waals surface area contributed by atoms with Crippen molar-refractivity contribution in [1.29, 1.82) is 0 Å². The van der Waals surface area contributed by atoms with Crippen molar-refractivity contribution in [3.8, 4) is 5.75 Å². The van der Waals surface area contributed by atoms with E-state index in [0.717, 1.165) is 13.1 Å². The Morgan fingerprint density at radius 2 is 2.12 bits per heavy atom. The molecule has 5 heteroatoms. The molecule has 1 aromatic carbocycles. The van der Waals surface area contributed by atoms with Gasteiger partial charge in [0.15, 0.2) is 5.78 Å². The minimum atomic E-state index is -0.318. The van der Waals surface area contributed by atoms with Crippen LogP contribution in [-0.2, 0) is 4.79 Å². The van der Waals surface area contributed by atoms with Gasteiger partial charge < -0.3 is 15.4 Å². The lowest BCUT2D eigenvalue weighted by Crippen LogP contribution is -2.53. The molecule has 0 saturated carbocycles. The molecule has 1 unspecified atom stereocenters. The van der Waals surface area contributed by atoms with Gasteiger partial charge in [0, 0.05) is 19.6 Å². The van der Waals surface area contributed by atoms with Crippen LogP contribution in [0.5, 0.6) is 5.75 Å². The molecule has 0 spiro atoms. The van der Waals surface area contributed by atoms with Crippen LogP contribution in [-0.4, -0.2) is 38.1 Å². The van der Waals surface area contributed by atoms with E-state index in [1.54, 1.807) is 0 Å². The van der Waals surface area contributed by atoms with Gasteiger partial charge in [-0.1, -0.05) is 0 Å². The Bertz CT molecular complexity index is 375. The first-order valence-corrected chi connectivity index (χ1v) is 5.61. The zero-order chi connectivity index (χ0) is 12.1. The summed E-state index contributed by atoms with van der Waals surface area (Å²) in [6, 6.07) is 5.44. The third-order valence-corrected chi connectivity index (χ3v) is 2.62. The Hall–Kier alpha value is -1.46. The monoisotopic (exact) mass is 238 g/mol. The summed E-state index contributed by atoms with van der Waals surface area (Å²) in [5.74, 6) is 0.187. The molecule has 1 fully saturated rings. The maximum Gasteiger partial charge on any atom is 0.188 e. The van der Waals surface area contributed by atoms with Crippen molar-refractivity contribution >= 4 is 5.78 Å². The van der Waals surface area contributed by atoms with Crippen LogP contribution in [0.25, 0.3) is 0 Å². The molecule has 2 N–H and O–H groups in total. The van der Waals surface area contributed by atoms with E-state index in [-0.39, 0.29) is 24.2 Å². The molecule has 1 aliphatic rings. The standard InChI is InChI=1S/C12H15FN2O2/c13-9-1-3-10(4-2-9)17-8-12(16)11-7-14-5-6-15-11/h1-4,11,14-15H,5-8H2. The number of carbonyl (C=O) groups is 1. The van der Waals surface area contributed by atoms with Gasteiger partial charge in [-0.15, -0.1) is 0 Å². The molecule has 0 aliphatic carbocycles. The zero-order valence-electron chi connectivity index (χ0n) is 9.41. The summed E-state index contributed by atoms with van der Waals surface area (Å²) in [5.41, 5.74) is 0. The van der Waals surface area contributed by atoms with Crippen molar-refractivity contribution in [2.24, 2.45) is 0 Å². The number of benzene rings is 1. The number of hydrogen-bond donors (Lipinski definition) is 2. The lowest BCUT2D eigenvalue weighted by atomic mass is 10.1. The molecule has 1 saturated heterocycles. The Balaban J connectivity index is 1.81. The first-order valence-electron chi connectivity index (χ1n) is 5.61. The van der Waals surface area contributed by atoms with Gasteiger partial charge >= 0.3 is 0 Å². The molecule has 1 aromatic rings. The summed E-state index contributed by atoms with van der Waals surface area (Å²) in [6.07, 6.45) is 0. The highest BCUT2D eigenvalue weighted by Crippen LogP contribution is 2.11. The number of rotatable bonds is 4. The number of nitrogens with one attached hydrogen (secondary N) is 2. The predicted molar refractivity (Wildman–Crippen MR) is 61.6 cm³/mol. The van der Waals surface area contributed by atoms with Gasteiger partial charge in [-0.25, -0.2) is 4.39 Å². The number of hydrogen-bond acceptors (Lipinski definition) is 4. The molecule has 0 amide bonds. The first kappa shape index (κ1) is 12.0. The van der Waals surface area contributed by atoms with Gasteiger partial charge in [0.1, 0.15) is 18.2 Å². The second kappa shape index (κ2) is 5.75. The van der Waals surface area contributed by atoms with Crippen LogP contribution >= 0.6 is 0 Å². The lowest BCUT2D eigenvalue weighted by molar-refractivity contribution is -0.123. The van der Waals surface area contributed by atoms with Crippen LogP contribution in [0.15, 0.2) is 24.3 Å². The highest BCUT2D eigenvalue weighted by Gasteiger charge is 2.20. The summed E-state index contributed by atoms with van der Waals surface area (Å²) in [6.45, 7) is 2.30. The molecule has 0 bridgehead atoms. The Kier molecular flexibility index (Phi) is 4.06. The van der Waals surface area contributed by atoms with E-state index < -0.39 is 0 Å². The highest BCUT2D eigenvalue weighted by atomic mass is 19.1. The van der Waals surface area contributed by atoms with Gasteiger partial charge in [0.05, 0.1) is 6.04 Å². The molecule has 1 aliphatic heterocycles. The second-order valence-electron chi connectivity index (χ2n) is 3.92. The fraction of sp³-hybridized carbons (Fsp3) is 0.417. The van der Waals surface area contributed by atoms with Crippen LogP contribution < -0.4 is 15.4 Å². The van der Waals surface area contributed by atoms with Crippen LogP contribution in [0.2, 0.25) is 0 Å². The highest BCUT2D eigenvalue weighted by molar-refractivity contribution is 5.85. The van der Waals surface area contributed by atoms with Gasteiger partial charge in [0.2, 0.25) is 0 Å². The van der Waals surface area contributed by atoms with Gasteiger partial charge in [-0.3, -0.25) is 4.79 Å². The van der Waals surface area contributed by atoms with Gasteiger partial charge in [-0.2, -0.15) is 0 Å². The topological polar surface area (TPSA) is 50.4 Å². The smallest absolute Gasteiger partial charge is 0.188 e. The van der Waals surface area contributed by atoms with E-state index in [4.69, 9.17) is 4.74 Å². The minimum Gasteiger partial charge on any atom is -0.486 e. The third kappa shape index (κ3) is 3.51. The Morgan fingerprint density at radius 1 is 1.35 bits per heavy atom. The normalized spacial score (nSPS) is 19.9. The van der Waals surface area contributed by atoms with Crippen LogP contribution in [0.1, 0.15) is 0 Å². The van der Waals surface area contributed by atoms with E-state index in [9.17, 15) is 9.18 Å². The average Bonchev–Trinajstić information content (AvgIpc) is 2.39. The Labute approximate surface area is 99.2 Å². The zero-order valence-corrected chi connectivity index (χ0v) is 9.41. The molecule has 0 aromatic heterocycles. The molecule has 1 heterocycles. The summed E-state index contributed by atoms with van der Waals surface area (Å²) < 4.78 is 17.9. The summed E-state index contributed by atoms with van der Waals surface area (Å²) in [5, 5.41) is 6.25. The van der Waals surface area contributed by atoms with E-state index in [2.05, 4.69) is 10.6 Å². The molecular weight excluding hydrogens is 223 g/mol. The second-order valence-corrected chi connectivity index (χ2v) is 3.92. The molecule has 0 radical (unpaired) electrons. The maximum atomic E-state index is 12.6. The van der Waals surface area contributed by atoms with Gasteiger partial charge in [-0.05, 0) is 24.3 Å². The van der Waals surface area contributed by atoms with E-state index in [0.29, 0.717) is 12.3 Å². The molecule has 1 atom stereocenters. The van der Waals surface area contributed by atoms with Crippen molar-refractivity contribution in [2.45, 2.75) is 6.04 Å². The largest absolute Gasteiger partial charge is 0.486 e. The number of Topliss-reactive ketones (excluding diaryl/α,β-unsaturated/α-hetero) is 1. The lowest BCUT2D eigenvalue weighted by Gasteiger charge is -2.23. The van der Waals surface area contributed by atoms with Crippen LogP contribution in [0.3, 0.4) is 0 Å². The minimum absolute atomic E-state index is 0.00141. The SMILES string of the molecule is O=C(COc1ccc(F)cc1)C1CNCCN1. The van der Waals surface area contributed by atoms with Gasteiger partial charge in [0.25, 0.3) is 0 Å². The molecule has 92 valence electrons. The Morgan fingerprint density at radius 3 is 2.76 bits per heavy atom. The molecule has 4 nitrogen and oxygen atoms in total. The molecule has 2 rings (SSSR count).